The maximum atomic E-state index is 14.0. The van der Waals surface area contributed by atoms with Crippen molar-refractivity contribution >= 4 is 33.4 Å². The van der Waals surface area contributed by atoms with E-state index in [-0.39, 0.29) is 30.9 Å². The molecule has 2 N–H and O–H groups in total. The van der Waals surface area contributed by atoms with Gasteiger partial charge >= 0.3 is 0 Å². The molecule has 3 aromatic heterocycles. The van der Waals surface area contributed by atoms with Crippen molar-refractivity contribution in [2.45, 2.75) is 25.2 Å². The van der Waals surface area contributed by atoms with E-state index in [1.54, 1.807) is 18.5 Å². The van der Waals surface area contributed by atoms with Crippen LogP contribution in [0.3, 0.4) is 0 Å². The van der Waals surface area contributed by atoms with E-state index in [1.165, 1.54) is 20.3 Å². The Morgan fingerprint density at radius 3 is 2.89 bits per heavy atom. The number of likely N-dealkylation sites (tertiary alicyclic amines) is 1. The van der Waals surface area contributed by atoms with Gasteiger partial charge in [-0.1, -0.05) is 5.21 Å². The van der Waals surface area contributed by atoms with E-state index in [4.69, 9.17) is 5.73 Å². The van der Waals surface area contributed by atoms with Crippen molar-refractivity contribution in [3.63, 3.8) is 0 Å². The van der Waals surface area contributed by atoms with E-state index in [1.807, 2.05) is 0 Å². The summed E-state index contributed by atoms with van der Waals surface area (Å²) in [7, 11) is 0. The summed E-state index contributed by atoms with van der Waals surface area (Å²) in [6.07, 6.45) is 3.67. The van der Waals surface area contributed by atoms with Gasteiger partial charge in [0.25, 0.3) is 11.8 Å². The Balaban J connectivity index is 1.57. The average molecular weight is 437 g/mol. The molecule has 0 radical (unpaired) electrons. The molecule has 2 amide bonds. The number of halogens is 2. The van der Waals surface area contributed by atoms with Gasteiger partial charge < -0.3 is 10.6 Å². The van der Waals surface area contributed by atoms with Crippen LogP contribution in [0.4, 0.5) is 4.39 Å². The highest BCUT2D eigenvalue weighted by Crippen LogP contribution is 2.24. The number of nitrogens with zero attached hydrogens (tertiary/aromatic N) is 7. The predicted octanol–water partition coefficient (Wildman–Crippen LogP) is 0.435. The average Bonchev–Trinajstić information content (AvgIpc) is 3.32. The fourth-order valence-corrected chi connectivity index (χ4v) is 3.40. The first-order valence-electron chi connectivity index (χ1n) is 8.06. The number of carbonyl (C=O) groups is 2. The quantitative estimate of drug-likeness (QED) is 0.632. The molecular formula is C15H14BrFN8O2. The number of carbonyl (C=O) groups excluding carboxylic acids is 2. The van der Waals surface area contributed by atoms with Crippen molar-refractivity contribution in [3.8, 4) is 0 Å². The minimum absolute atomic E-state index is 0.0136. The predicted molar refractivity (Wildman–Crippen MR) is 93.6 cm³/mol. The summed E-state index contributed by atoms with van der Waals surface area (Å²) in [5, 5.41) is 11.7. The second-order valence-electron chi connectivity index (χ2n) is 6.24. The van der Waals surface area contributed by atoms with Crippen molar-refractivity contribution in [1.29, 1.82) is 0 Å². The molecule has 2 atom stereocenters. The van der Waals surface area contributed by atoms with Crippen molar-refractivity contribution in [2.24, 2.45) is 5.73 Å². The van der Waals surface area contributed by atoms with Gasteiger partial charge in [-0.2, -0.15) is 5.10 Å². The molecule has 1 aliphatic rings. The number of alkyl halides is 1. The lowest BCUT2D eigenvalue weighted by Crippen LogP contribution is -2.38. The number of hydrogen-bond donors (Lipinski definition) is 1. The second-order valence-corrected chi connectivity index (χ2v) is 7.15. The first-order chi connectivity index (χ1) is 12.9. The van der Waals surface area contributed by atoms with E-state index in [9.17, 15) is 14.0 Å². The zero-order chi connectivity index (χ0) is 19.1. The Hall–Kier alpha value is -2.89. The maximum absolute atomic E-state index is 14.0. The Kier molecular flexibility index (Phi) is 4.34. The van der Waals surface area contributed by atoms with Crippen molar-refractivity contribution in [1.82, 2.24) is 34.5 Å². The molecule has 1 aliphatic heterocycles. The maximum Gasteiger partial charge on any atom is 0.274 e. The fraction of sp³-hybridized carbons (Fsp3) is 0.333. The molecule has 4 rings (SSSR count). The zero-order valence-electron chi connectivity index (χ0n) is 13.9. The number of fused-ring (bicyclic) bond motifs is 1. The molecule has 140 valence electrons. The lowest BCUT2D eigenvalue weighted by Gasteiger charge is -2.23. The van der Waals surface area contributed by atoms with Gasteiger partial charge in [-0.15, -0.1) is 5.10 Å². The number of primary amides is 1. The van der Waals surface area contributed by atoms with E-state index >= 15 is 0 Å². The molecule has 12 heteroatoms. The van der Waals surface area contributed by atoms with Gasteiger partial charge in [0, 0.05) is 24.9 Å². The highest BCUT2D eigenvalue weighted by Gasteiger charge is 2.37. The van der Waals surface area contributed by atoms with Gasteiger partial charge in [0.15, 0.2) is 17.0 Å². The summed E-state index contributed by atoms with van der Waals surface area (Å²) in [5.74, 6) is -1.09. The third-order valence-corrected chi connectivity index (χ3v) is 4.72. The van der Waals surface area contributed by atoms with Gasteiger partial charge in [-0.3, -0.25) is 9.59 Å². The first-order valence-corrected chi connectivity index (χ1v) is 8.86. The van der Waals surface area contributed by atoms with Gasteiger partial charge in [0.05, 0.1) is 29.8 Å². The van der Waals surface area contributed by atoms with Crippen molar-refractivity contribution < 1.29 is 14.0 Å². The molecule has 0 spiro atoms. The summed E-state index contributed by atoms with van der Waals surface area (Å²) in [5.41, 5.74) is 5.86. The SMILES string of the molecule is NC(=O)c1cn(C[C@@H]2C[C@H](F)CN2C(=O)c2cc3ncc(Br)cn3n2)nn1. The van der Waals surface area contributed by atoms with Crippen LogP contribution in [0.5, 0.6) is 0 Å². The fourth-order valence-electron chi connectivity index (χ4n) is 3.10. The van der Waals surface area contributed by atoms with Gasteiger partial charge in [-0.05, 0) is 15.9 Å². The molecule has 1 fully saturated rings. The van der Waals surface area contributed by atoms with Crippen LogP contribution in [-0.2, 0) is 6.54 Å². The number of amides is 2. The van der Waals surface area contributed by atoms with Crippen LogP contribution in [0, 0.1) is 0 Å². The highest BCUT2D eigenvalue weighted by atomic mass is 79.9. The molecule has 0 aliphatic carbocycles. The molecule has 1 saturated heterocycles. The summed E-state index contributed by atoms with van der Waals surface area (Å²) >= 11 is 3.29. The van der Waals surface area contributed by atoms with Crippen LogP contribution < -0.4 is 5.73 Å². The number of rotatable bonds is 4. The lowest BCUT2D eigenvalue weighted by atomic mass is 10.2. The summed E-state index contributed by atoms with van der Waals surface area (Å²) in [4.78, 5) is 29.6. The molecule has 0 unspecified atom stereocenters. The van der Waals surface area contributed by atoms with Crippen LogP contribution in [0.15, 0.2) is 29.1 Å². The van der Waals surface area contributed by atoms with E-state index in [2.05, 4.69) is 36.3 Å². The van der Waals surface area contributed by atoms with Crippen molar-refractivity contribution in [2.75, 3.05) is 6.54 Å². The smallest absolute Gasteiger partial charge is 0.274 e. The minimum Gasteiger partial charge on any atom is -0.364 e. The first kappa shape index (κ1) is 17.5. The molecule has 0 saturated carbocycles. The third-order valence-electron chi connectivity index (χ3n) is 4.31. The van der Waals surface area contributed by atoms with Crippen LogP contribution in [-0.4, -0.2) is 65.1 Å². The summed E-state index contributed by atoms with van der Waals surface area (Å²) < 4.78 is 17.6. The molecule has 4 heterocycles. The Morgan fingerprint density at radius 2 is 2.15 bits per heavy atom. The summed E-state index contributed by atoms with van der Waals surface area (Å²) in [6.45, 7) is 0.162. The van der Waals surface area contributed by atoms with Crippen LogP contribution in [0.25, 0.3) is 5.65 Å². The molecule has 27 heavy (non-hydrogen) atoms. The van der Waals surface area contributed by atoms with E-state index in [0.717, 1.165) is 4.47 Å². The molecule has 0 aromatic carbocycles. The Morgan fingerprint density at radius 1 is 1.33 bits per heavy atom. The molecule has 3 aromatic rings. The highest BCUT2D eigenvalue weighted by molar-refractivity contribution is 9.10. The standard InChI is InChI=1S/C15H14BrFN8O2/c16-8-3-19-13-2-11(21-25(13)4-8)15(27)24-5-9(17)1-10(24)6-23-7-12(14(18)26)20-22-23/h2-4,7,9-10H,1,5-6H2,(H2,18,26)/t9-,10-/m0/s1. The van der Waals surface area contributed by atoms with E-state index < -0.39 is 24.0 Å². The van der Waals surface area contributed by atoms with Crippen molar-refractivity contribution in [3.05, 3.63) is 40.5 Å². The zero-order valence-corrected chi connectivity index (χ0v) is 15.5. The molecule has 0 bridgehead atoms. The van der Waals surface area contributed by atoms with E-state index in [0.29, 0.717) is 5.65 Å². The number of hydrogen-bond acceptors (Lipinski definition) is 6. The third kappa shape index (κ3) is 3.39. The largest absolute Gasteiger partial charge is 0.364 e. The van der Waals surface area contributed by atoms with Crippen LogP contribution >= 0.6 is 15.9 Å². The lowest BCUT2D eigenvalue weighted by molar-refractivity contribution is 0.0708. The summed E-state index contributed by atoms with van der Waals surface area (Å²) in [6, 6.07) is 1.11. The normalized spacial score (nSPS) is 19.7. The Bertz CT molecular complexity index is 1030. The number of aromatic nitrogens is 6. The number of nitrogens with two attached hydrogens (primary N) is 1. The Labute approximate surface area is 160 Å². The minimum atomic E-state index is -1.15. The molecule has 10 nitrogen and oxygen atoms in total. The van der Waals surface area contributed by atoms with Gasteiger partial charge in [0.2, 0.25) is 0 Å². The molecular weight excluding hydrogens is 423 g/mol. The van der Waals surface area contributed by atoms with Crippen LogP contribution in [0.2, 0.25) is 0 Å². The topological polar surface area (TPSA) is 124 Å². The van der Waals surface area contributed by atoms with Gasteiger partial charge in [-0.25, -0.2) is 18.6 Å². The van der Waals surface area contributed by atoms with Crippen LogP contribution in [0.1, 0.15) is 27.4 Å². The van der Waals surface area contributed by atoms with Gasteiger partial charge in [0.1, 0.15) is 6.17 Å². The monoisotopic (exact) mass is 436 g/mol. The second kappa shape index (κ2) is 6.68.